The van der Waals surface area contributed by atoms with Gasteiger partial charge in [0, 0.05) is 27.8 Å². The Balaban J connectivity index is 1.71. The molecule has 0 saturated heterocycles. The maximum absolute atomic E-state index is 2.50. The Labute approximate surface area is 201 Å². The molecule has 6 aromatic rings. The number of pyridine rings is 1. The first kappa shape index (κ1) is 21.2. The van der Waals surface area contributed by atoms with Crippen molar-refractivity contribution in [1.82, 2.24) is 4.40 Å². The van der Waals surface area contributed by atoms with Gasteiger partial charge < -0.3 is 4.40 Å². The molecular formula is C32H33N2+. The van der Waals surface area contributed by atoms with Crippen LogP contribution in [0.5, 0.6) is 0 Å². The van der Waals surface area contributed by atoms with Gasteiger partial charge in [0.15, 0.2) is 6.20 Å². The van der Waals surface area contributed by atoms with Crippen LogP contribution < -0.4 is 4.57 Å². The van der Waals surface area contributed by atoms with Gasteiger partial charge in [0.25, 0.3) is 0 Å². The van der Waals surface area contributed by atoms with Crippen molar-refractivity contribution in [3.8, 4) is 11.3 Å². The van der Waals surface area contributed by atoms with Gasteiger partial charge in [-0.25, -0.2) is 4.57 Å². The highest BCUT2D eigenvalue weighted by Gasteiger charge is 2.23. The van der Waals surface area contributed by atoms with Crippen molar-refractivity contribution in [2.75, 3.05) is 0 Å². The zero-order valence-corrected chi connectivity index (χ0v) is 21.4. The summed E-state index contributed by atoms with van der Waals surface area (Å²) in [6, 6.07) is 20.9. The summed E-state index contributed by atoms with van der Waals surface area (Å²) < 4.78 is 4.80. The molecule has 0 aliphatic carbocycles. The molecule has 0 amide bonds. The summed E-state index contributed by atoms with van der Waals surface area (Å²) in [6.07, 6.45) is 3.40. The van der Waals surface area contributed by atoms with Crippen LogP contribution in [0.1, 0.15) is 43.0 Å². The SMILES string of the molecule is Cc1cc(C)c(C)c(-c2cc3c(c[n+]2C)c2cccc4c5cc(CC(C)(C)C)ccc5n3c42)c1. The second kappa shape index (κ2) is 7.06. The lowest BCUT2D eigenvalue weighted by molar-refractivity contribution is -0.659. The van der Waals surface area contributed by atoms with Gasteiger partial charge in [-0.15, -0.1) is 0 Å². The zero-order chi connectivity index (χ0) is 23.9. The van der Waals surface area contributed by atoms with Gasteiger partial charge >= 0.3 is 0 Å². The highest BCUT2D eigenvalue weighted by molar-refractivity contribution is 6.23. The number of para-hydroxylation sites is 1. The predicted molar refractivity (Wildman–Crippen MR) is 145 cm³/mol. The van der Waals surface area contributed by atoms with Gasteiger partial charge in [-0.1, -0.05) is 56.7 Å². The molecular weight excluding hydrogens is 412 g/mol. The smallest absolute Gasteiger partial charge is 0.214 e. The molecule has 2 nitrogen and oxygen atoms in total. The summed E-state index contributed by atoms with van der Waals surface area (Å²) in [5.74, 6) is 0. The average molecular weight is 446 g/mol. The van der Waals surface area contributed by atoms with E-state index in [1.807, 2.05) is 0 Å². The Bertz CT molecular complexity index is 1740. The third kappa shape index (κ3) is 3.05. The van der Waals surface area contributed by atoms with Crippen molar-refractivity contribution in [1.29, 1.82) is 0 Å². The topological polar surface area (TPSA) is 8.29 Å². The zero-order valence-electron chi connectivity index (χ0n) is 21.4. The summed E-state index contributed by atoms with van der Waals surface area (Å²) in [7, 11) is 2.18. The molecule has 3 aromatic carbocycles. The second-order valence-corrected chi connectivity index (χ2v) is 11.4. The van der Waals surface area contributed by atoms with E-state index in [0.717, 1.165) is 6.42 Å². The highest BCUT2D eigenvalue weighted by atomic mass is 15.0. The molecule has 0 bridgehead atoms. The molecule has 2 heteroatoms. The Hall–Kier alpha value is -3.39. The predicted octanol–water partition coefficient (Wildman–Crippen LogP) is 7.84. The summed E-state index contributed by atoms with van der Waals surface area (Å²) in [5, 5.41) is 5.36. The molecule has 6 rings (SSSR count). The lowest BCUT2D eigenvalue weighted by Crippen LogP contribution is -2.30. The molecule has 0 radical (unpaired) electrons. The van der Waals surface area contributed by atoms with E-state index >= 15 is 0 Å². The molecule has 0 saturated carbocycles. The minimum atomic E-state index is 0.272. The highest BCUT2D eigenvalue weighted by Crippen LogP contribution is 2.40. The fraction of sp³-hybridized carbons (Fsp3) is 0.281. The minimum Gasteiger partial charge on any atom is -0.307 e. The first-order valence-corrected chi connectivity index (χ1v) is 12.3. The standard InChI is InChI=1S/C32H33N2/c1-19-13-20(2)21(3)25(14-19)29-16-30-27(18-33(29)7)24-10-8-9-23-26-15-22(17-32(4,5)6)11-12-28(26)34(30)31(23)24/h8-16,18H,17H2,1-7H3/q+1. The number of fused-ring (bicyclic) bond motifs is 6. The number of rotatable bonds is 2. The number of aromatic nitrogens is 2. The van der Waals surface area contributed by atoms with Crippen LogP contribution in [0.2, 0.25) is 0 Å². The lowest BCUT2D eigenvalue weighted by Gasteiger charge is -2.18. The first-order valence-electron chi connectivity index (χ1n) is 12.3. The van der Waals surface area contributed by atoms with E-state index < -0.39 is 0 Å². The summed E-state index contributed by atoms with van der Waals surface area (Å²) >= 11 is 0. The number of aryl methyl sites for hydroxylation is 3. The van der Waals surface area contributed by atoms with E-state index in [0.29, 0.717) is 0 Å². The van der Waals surface area contributed by atoms with Crippen LogP contribution >= 0.6 is 0 Å². The fourth-order valence-corrected chi connectivity index (χ4v) is 5.91. The minimum absolute atomic E-state index is 0.272. The Kier molecular flexibility index (Phi) is 4.39. The van der Waals surface area contributed by atoms with Crippen molar-refractivity contribution in [2.24, 2.45) is 12.5 Å². The molecule has 0 aliphatic rings. The van der Waals surface area contributed by atoms with Gasteiger partial charge in [-0.05, 0) is 67.5 Å². The van der Waals surface area contributed by atoms with Crippen LogP contribution in [-0.4, -0.2) is 4.40 Å². The first-order chi connectivity index (χ1) is 16.1. The lowest BCUT2D eigenvalue weighted by atomic mass is 9.88. The fourth-order valence-electron chi connectivity index (χ4n) is 5.91. The van der Waals surface area contributed by atoms with Gasteiger partial charge in [-0.3, -0.25) is 0 Å². The van der Waals surface area contributed by atoms with Crippen molar-refractivity contribution < 1.29 is 4.57 Å². The molecule has 0 atom stereocenters. The van der Waals surface area contributed by atoms with E-state index in [9.17, 15) is 0 Å². The normalized spacial score (nSPS) is 12.7. The van der Waals surface area contributed by atoms with E-state index in [1.54, 1.807) is 0 Å². The van der Waals surface area contributed by atoms with Crippen LogP contribution in [0.15, 0.2) is 60.8 Å². The Morgan fingerprint density at radius 3 is 2.26 bits per heavy atom. The number of hydrogen-bond donors (Lipinski definition) is 0. The maximum Gasteiger partial charge on any atom is 0.214 e. The van der Waals surface area contributed by atoms with E-state index in [-0.39, 0.29) is 5.41 Å². The van der Waals surface area contributed by atoms with Crippen LogP contribution in [0.25, 0.3) is 49.4 Å². The molecule has 34 heavy (non-hydrogen) atoms. The van der Waals surface area contributed by atoms with Crippen molar-refractivity contribution in [2.45, 2.75) is 48.0 Å². The van der Waals surface area contributed by atoms with Crippen LogP contribution in [0.3, 0.4) is 0 Å². The second-order valence-electron chi connectivity index (χ2n) is 11.4. The number of benzene rings is 3. The summed E-state index contributed by atoms with van der Waals surface area (Å²) in [4.78, 5) is 0. The molecule has 170 valence electrons. The Morgan fingerprint density at radius 2 is 1.53 bits per heavy atom. The molecule has 0 fully saturated rings. The van der Waals surface area contributed by atoms with Gasteiger partial charge in [0.2, 0.25) is 5.69 Å². The Morgan fingerprint density at radius 1 is 0.794 bits per heavy atom. The summed E-state index contributed by atoms with van der Waals surface area (Å²) in [6.45, 7) is 13.6. The van der Waals surface area contributed by atoms with Gasteiger partial charge in [-0.2, -0.15) is 0 Å². The van der Waals surface area contributed by atoms with Crippen molar-refractivity contribution >= 4 is 38.1 Å². The molecule has 0 N–H and O–H groups in total. The molecule has 0 unspecified atom stereocenters. The average Bonchev–Trinajstić information content (AvgIpc) is 3.25. The maximum atomic E-state index is 2.50. The molecule has 3 heterocycles. The van der Waals surface area contributed by atoms with E-state index in [2.05, 4.69) is 118 Å². The van der Waals surface area contributed by atoms with Crippen molar-refractivity contribution in [3.05, 3.63) is 83.0 Å². The van der Waals surface area contributed by atoms with Crippen molar-refractivity contribution in [3.63, 3.8) is 0 Å². The third-order valence-electron chi connectivity index (χ3n) is 7.46. The largest absolute Gasteiger partial charge is 0.307 e. The summed E-state index contributed by atoms with van der Waals surface area (Å²) in [5.41, 5.74) is 12.2. The van der Waals surface area contributed by atoms with Gasteiger partial charge in [0.05, 0.1) is 21.9 Å². The van der Waals surface area contributed by atoms with Gasteiger partial charge in [0.1, 0.15) is 7.05 Å². The number of nitrogens with zero attached hydrogens (tertiary/aromatic N) is 2. The van der Waals surface area contributed by atoms with E-state index in [4.69, 9.17) is 0 Å². The van der Waals surface area contributed by atoms with E-state index in [1.165, 1.54) is 71.6 Å². The van der Waals surface area contributed by atoms with Crippen LogP contribution in [0.4, 0.5) is 0 Å². The monoisotopic (exact) mass is 445 g/mol. The quantitative estimate of drug-likeness (QED) is 0.240. The third-order valence-corrected chi connectivity index (χ3v) is 7.46. The molecule has 3 aromatic heterocycles. The molecule has 0 spiro atoms. The molecule has 0 aliphatic heterocycles. The van der Waals surface area contributed by atoms with Crippen LogP contribution in [-0.2, 0) is 13.5 Å². The number of hydrogen-bond acceptors (Lipinski definition) is 0. The van der Waals surface area contributed by atoms with Crippen LogP contribution in [0, 0.1) is 26.2 Å².